The zero-order chi connectivity index (χ0) is 17.6. The van der Waals surface area contributed by atoms with Crippen LogP contribution in [-0.4, -0.2) is 24.7 Å². The van der Waals surface area contributed by atoms with Crippen molar-refractivity contribution in [2.45, 2.75) is 6.54 Å². The summed E-state index contributed by atoms with van der Waals surface area (Å²) in [6, 6.07) is 17.7. The number of nitrogens with one attached hydrogen (secondary N) is 1. The van der Waals surface area contributed by atoms with Gasteiger partial charge in [0.15, 0.2) is 0 Å². The lowest BCUT2D eigenvalue weighted by atomic mass is 10.2. The molecule has 0 unspecified atom stereocenters. The lowest BCUT2D eigenvalue weighted by Gasteiger charge is -2.09. The minimum absolute atomic E-state index is 0.467. The molecule has 0 aliphatic carbocycles. The molecule has 0 spiro atoms. The normalized spacial score (nSPS) is 10.5. The Kier molecular flexibility index (Phi) is 4.51. The monoisotopic (exact) mass is 344 g/mol. The number of anilines is 1. The first-order chi connectivity index (χ1) is 12.9. The average molecular weight is 344 g/mol. The van der Waals surface area contributed by atoms with Gasteiger partial charge in [0.1, 0.15) is 12.1 Å². The van der Waals surface area contributed by atoms with Crippen molar-refractivity contribution in [2.24, 2.45) is 0 Å². The molecule has 7 heteroatoms. The summed E-state index contributed by atoms with van der Waals surface area (Å²) in [4.78, 5) is 8.07. The van der Waals surface area contributed by atoms with Gasteiger partial charge >= 0.3 is 0 Å². The minimum atomic E-state index is 0.467. The van der Waals surface area contributed by atoms with Crippen molar-refractivity contribution in [1.29, 1.82) is 0 Å². The molecule has 0 amide bonds. The van der Waals surface area contributed by atoms with Gasteiger partial charge < -0.3 is 10.1 Å². The SMILES string of the molecule is c1ccc(-n2cnnc2NCc2ccc(Oc3cnccn3)cc2)cc1. The first kappa shape index (κ1) is 15.8. The summed E-state index contributed by atoms with van der Waals surface area (Å²) in [6.45, 7) is 0.622. The second kappa shape index (κ2) is 7.43. The first-order valence-electron chi connectivity index (χ1n) is 8.10. The first-order valence-corrected chi connectivity index (χ1v) is 8.10. The number of benzene rings is 2. The molecular formula is C19H16N6O. The molecular weight excluding hydrogens is 328 g/mol. The Labute approximate surface area is 150 Å². The van der Waals surface area contributed by atoms with Crippen molar-refractivity contribution >= 4 is 5.95 Å². The van der Waals surface area contributed by atoms with Crippen molar-refractivity contribution in [2.75, 3.05) is 5.32 Å². The molecule has 1 N–H and O–H groups in total. The second-order valence-corrected chi connectivity index (χ2v) is 5.50. The van der Waals surface area contributed by atoms with E-state index in [1.165, 1.54) is 0 Å². The van der Waals surface area contributed by atoms with Gasteiger partial charge in [0.25, 0.3) is 0 Å². The molecule has 128 valence electrons. The van der Waals surface area contributed by atoms with Crippen LogP contribution in [0.2, 0.25) is 0 Å². The Balaban J connectivity index is 1.41. The maximum Gasteiger partial charge on any atom is 0.237 e. The molecule has 0 aliphatic rings. The molecule has 7 nitrogen and oxygen atoms in total. The third kappa shape index (κ3) is 3.67. The van der Waals surface area contributed by atoms with E-state index >= 15 is 0 Å². The molecule has 0 fully saturated rings. The summed E-state index contributed by atoms with van der Waals surface area (Å²) >= 11 is 0. The Morgan fingerprint density at radius 3 is 2.58 bits per heavy atom. The van der Waals surface area contributed by atoms with Gasteiger partial charge in [-0.25, -0.2) is 4.98 Å². The smallest absolute Gasteiger partial charge is 0.237 e. The van der Waals surface area contributed by atoms with Crippen LogP contribution < -0.4 is 10.1 Å². The maximum atomic E-state index is 5.64. The summed E-state index contributed by atoms with van der Waals surface area (Å²) in [7, 11) is 0. The zero-order valence-corrected chi connectivity index (χ0v) is 13.9. The van der Waals surface area contributed by atoms with Crippen LogP contribution in [0.4, 0.5) is 5.95 Å². The highest BCUT2D eigenvalue weighted by Gasteiger charge is 2.06. The highest BCUT2D eigenvalue weighted by molar-refractivity contribution is 5.41. The van der Waals surface area contributed by atoms with Crippen molar-refractivity contribution in [3.63, 3.8) is 0 Å². The summed E-state index contributed by atoms with van der Waals surface area (Å²) in [5.41, 5.74) is 2.10. The lowest BCUT2D eigenvalue weighted by Crippen LogP contribution is -2.06. The molecule has 4 aromatic rings. The molecule has 2 heterocycles. The zero-order valence-electron chi connectivity index (χ0n) is 13.9. The topological polar surface area (TPSA) is 77.8 Å². The Morgan fingerprint density at radius 1 is 0.962 bits per heavy atom. The molecule has 26 heavy (non-hydrogen) atoms. The summed E-state index contributed by atoms with van der Waals surface area (Å²) in [6.07, 6.45) is 6.47. The third-order valence-corrected chi connectivity index (χ3v) is 3.72. The molecule has 4 rings (SSSR count). The molecule has 2 aromatic carbocycles. The van der Waals surface area contributed by atoms with Gasteiger partial charge in [-0.1, -0.05) is 30.3 Å². The predicted molar refractivity (Wildman–Crippen MR) is 97.2 cm³/mol. The minimum Gasteiger partial charge on any atom is -0.438 e. The number of para-hydroxylation sites is 1. The van der Waals surface area contributed by atoms with E-state index in [0.29, 0.717) is 24.1 Å². The summed E-state index contributed by atoms with van der Waals surface area (Å²) < 4.78 is 7.55. The fourth-order valence-electron chi connectivity index (χ4n) is 2.45. The van der Waals surface area contributed by atoms with Crippen LogP contribution in [0, 0.1) is 0 Å². The number of nitrogens with zero attached hydrogens (tertiary/aromatic N) is 5. The van der Waals surface area contributed by atoms with E-state index in [1.807, 2.05) is 59.2 Å². The molecule has 0 aliphatic heterocycles. The van der Waals surface area contributed by atoms with Gasteiger partial charge in [0.2, 0.25) is 11.8 Å². The Bertz CT molecular complexity index is 954. The van der Waals surface area contributed by atoms with Gasteiger partial charge in [0, 0.05) is 18.9 Å². The van der Waals surface area contributed by atoms with Gasteiger partial charge in [-0.05, 0) is 29.8 Å². The third-order valence-electron chi connectivity index (χ3n) is 3.72. The van der Waals surface area contributed by atoms with Crippen LogP contribution in [0.25, 0.3) is 5.69 Å². The van der Waals surface area contributed by atoms with Crippen molar-refractivity contribution < 1.29 is 4.74 Å². The van der Waals surface area contributed by atoms with Crippen LogP contribution in [0.3, 0.4) is 0 Å². The van der Waals surface area contributed by atoms with Gasteiger partial charge in [-0.3, -0.25) is 9.55 Å². The van der Waals surface area contributed by atoms with Crippen molar-refractivity contribution in [3.05, 3.63) is 85.1 Å². The number of hydrogen-bond donors (Lipinski definition) is 1. The average Bonchev–Trinajstić information content (AvgIpc) is 3.18. The Hall–Kier alpha value is -3.74. The van der Waals surface area contributed by atoms with Gasteiger partial charge in [-0.2, -0.15) is 0 Å². The summed E-state index contributed by atoms with van der Waals surface area (Å²) in [5.74, 6) is 1.87. The molecule has 0 radical (unpaired) electrons. The standard InChI is InChI=1S/C19H16N6O/c1-2-4-16(5-3-1)25-14-23-24-19(25)22-12-15-6-8-17(9-7-15)26-18-13-20-10-11-21-18/h1-11,13-14H,12H2,(H,22,24). The van der Waals surface area contributed by atoms with Crippen LogP contribution in [0.15, 0.2) is 79.5 Å². The molecule has 0 bridgehead atoms. The van der Waals surface area contributed by atoms with Gasteiger partial charge in [0.05, 0.1) is 11.9 Å². The molecule has 0 atom stereocenters. The van der Waals surface area contributed by atoms with E-state index in [1.54, 1.807) is 24.9 Å². The fraction of sp³-hybridized carbons (Fsp3) is 0.0526. The summed E-state index contributed by atoms with van der Waals surface area (Å²) in [5, 5.41) is 11.4. The van der Waals surface area contributed by atoms with Gasteiger partial charge in [-0.15, -0.1) is 10.2 Å². The van der Waals surface area contributed by atoms with E-state index in [-0.39, 0.29) is 0 Å². The van der Waals surface area contributed by atoms with E-state index in [0.717, 1.165) is 11.3 Å². The number of ether oxygens (including phenoxy) is 1. The maximum absolute atomic E-state index is 5.64. The van der Waals surface area contributed by atoms with E-state index in [9.17, 15) is 0 Å². The van der Waals surface area contributed by atoms with Crippen LogP contribution >= 0.6 is 0 Å². The number of aromatic nitrogens is 5. The predicted octanol–water partition coefficient (Wildman–Crippen LogP) is 3.46. The molecule has 0 saturated carbocycles. The lowest BCUT2D eigenvalue weighted by molar-refractivity contribution is 0.460. The van der Waals surface area contributed by atoms with E-state index < -0.39 is 0 Å². The van der Waals surface area contributed by atoms with Crippen LogP contribution in [-0.2, 0) is 6.54 Å². The van der Waals surface area contributed by atoms with Crippen molar-refractivity contribution in [3.8, 4) is 17.3 Å². The number of hydrogen-bond acceptors (Lipinski definition) is 6. The number of rotatable bonds is 6. The van der Waals surface area contributed by atoms with E-state index in [2.05, 4.69) is 25.5 Å². The highest BCUT2D eigenvalue weighted by Crippen LogP contribution is 2.19. The highest BCUT2D eigenvalue weighted by atomic mass is 16.5. The quantitative estimate of drug-likeness (QED) is 0.577. The van der Waals surface area contributed by atoms with E-state index in [4.69, 9.17) is 4.74 Å². The van der Waals surface area contributed by atoms with Crippen LogP contribution in [0.5, 0.6) is 11.6 Å². The molecule has 0 saturated heterocycles. The van der Waals surface area contributed by atoms with Crippen molar-refractivity contribution in [1.82, 2.24) is 24.7 Å². The van der Waals surface area contributed by atoms with Crippen LogP contribution in [0.1, 0.15) is 5.56 Å². The fourth-order valence-corrected chi connectivity index (χ4v) is 2.45. The second-order valence-electron chi connectivity index (χ2n) is 5.50. The molecule has 2 aromatic heterocycles. The largest absolute Gasteiger partial charge is 0.438 e. The Morgan fingerprint density at radius 2 is 1.81 bits per heavy atom.